The number of carbonyl (C=O) groups excluding carboxylic acids is 2. The predicted octanol–water partition coefficient (Wildman–Crippen LogP) is 6.45. The van der Waals surface area contributed by atoms with Crippen LogP contribution in [0.2, 0.25) is 10.0 Å². The molecule has 1 N–H and O–H groups in total. The maximum absolute atomic E-state index is 14.1. The summed E-state index contributed by atoms with van der Waals surface area (Å²) in [5.74, 6) is -0.928. The Balaban J connectivity index is 2.07. The summed E-state index contributed by atoms with van der Waals surface area (Å²) in [5.41, 5.74) is 3.42. The number of rotatable bonds is 12. The Hall–Kier alpha value is -3.07. The van der Waals surface area contributed by atoms with Gasteiger partial charge in [0.1, 0.15) is 12.6 Å². The number of aryl methyl sites for hydroxylation is 3. The summed E-state index contributed by atoms with van der Waals surface area (Å²) < 4.78 is 29.1. The van der Waals surface area contributed by atoms with Gasteiger partial charge in [0.25, 0.3) is 10.0 Å². The number of sulfonamides is 1. The monoisotopic (exact) mass is 617 g/mol. The van der Waals surface area contributed by atoms with Gasteiger partial charge in [-0.1, -0.05) is 66.4 Å². The van der Waals surface area contributed by atoms with Gasteiger partial charge in [-0.2, -0.15) is 0 Å². The van der Waals surface area contributed by atoms with E-state index in [-0.39, 0.29) is 17.3 Å². The molecule has 0 aliphatic rings. The Bertz CT molecular complexity index is 1450. The molecule has 7 nitrogen and oxygen atoms in total. The van der Waals surface area contributed by atoms with Gasteiger partial charge in [-0.25, -0.2) is 8.42 Å². The number of halogens is 2. The van der Waals surface area contributed by atoms with Crippen molar-refractivity contribution >= 4 is 50.7 Å². The highest BCUT2D eigenvalue weighted by Crippen LogP contribution is 2.29. The largest absolute Gasteiger partial charge is 0.354 e. The molecule has 220 valence electrons. The third-order valence-electron chi connectivity index (χ3n) is 6.77. The van der Waals surface area contributed by atoms with Gasteiger partial charge in [-0.05, 0) is 81.6 Å². The fourth-order valence-corrected chi connectivity index (χ4v) is 6.35. The average molecular weight is 619 g/mol. The molecule has 0 bridgehead atoms. The standard InChI is InChI=1S/C31H37Cl2N3O4S/c1-6-7-15-34-31(38)24(5)35(19-27-28(32)9-8-10-29(27)33)30(37)20-36(25-17-22(3)16-23(4)18-25)41(39,40)26-13-11-21(2)12-14-26/h8-14,16-18,24H,6-7,15,19-20H2,1-5H3,(H,34,38)/t24-/m1/s1. The summed E-state index contributed by atoms with van der Waals surface area (Å²) in [5, 5.41) is 3.54. The van der Waals surface area contributed by atoms with Crippen LogP contribution in [0.3, 0.4) is 0 Å². The molecule has 0 unspecified atom stereocenters. The van der Waals surface area contributed by atoms with Crippen LogP contribution >= 0.6 is 23.2 Å². The van der Waals surface area contributed by atoms with E-state index in [1.807, 2.05) is 33.8 Å². The van der Waals surface area contributed by atoms with Crippen molar-refractivity contribution < 1.29 is 18.0 Å². The minimum atomic E-state index is -4.15. The molecule has 3 aromatic rings. The van der Waals surface area contributed by atoms with E-state index in [1.165, 1.54) is 17.0 Å². The summed E-state index contributed by atoms with van der Waals surface area (Å²) in [6, 6.07) is 15.9. The normalized spacial score (nSPS) is 12.1. The number of hydrogen-bond acceptors (Lipinski definition) is 4. The Morgan fingerprint density at radius 1 is 0.902 bits per heavy atom. The quantitative estimate of drug-likeness (QED) is 0.237. The number of unbranched alkanes of at least 4 members (excludes halogenated alkanes) is 1. The maximum Gasteiger partial charge on any atom is 0.264 e. The second kappa shape index (κ2) is 14.2. The summed E-state index contributed by atoms with van der Waals surface area (Å²) in [6.07, 6.45) is 1.69. The van der Waals surface area contributed by atoms with E-state index < -0.39 is 28.5 Å². The third-order valence-corrected chi connectivity index (χ3v) is 9.27. The highest BCUT2D eigenvalue weighted by atomic mass is 35.5. The molecule has 0 aromatic heterocycles. The zero-order chi connectivity index (χ0) is 30.3. The van der Waals surface area contributed by atoms with Crippen molar-refractivity contribution in [3.8, 4) is 0 Å². The molecule has 0 heterocycles. The summed E-state index contributed by atoms with van der Waals surface area (Å²) in [6.45, 7) is 9.07. The zero-order valence-electron chi connectivity index (χ0n) is 24.1. The van der Waals surface area contributed by atoms with Crippen molar-refractivity contribution in [2.75, 3.05) is 17.4 Å². The van der Waals surface area contributed by atoms with Gasteiger partial charge in [-0.15, -0.1) is 0 Å². The summed E-state index contributed by atoms with van der Waals surface area (Å²) in [7, 11) is -4.15. The van der Waals surface area contributed by atoms with Crippen LogP contribution in [-0.4, -0.2) is 44.3 Å². The van der Waals surface area contributed by atoms with Crippen LogP contribution in [0, 0.1) is 20.8 Å². The maximum atomic E-state index is 14.1. The van der Waals surface area contributed by atoms with E-state index in [1.54, 1.807) is 49.4 Å². The summed E-state index contributed by atoms with van der Waals surface area (Å²) >= 11 is 12.9. The van der Waals surface area contributed by atoms with Gasteiger partial charge in [-0.3, -0.25) is 13.9 Å². The number of hydrogen-bond donors (Lipinski definition) is 1. The van der Waals surface area contributed by atoms with Crippen LogP contribution in [0.25, 0.3) is 0 Å². The number of nitrogens with one attached hydrogen (secondary N) is 1. The molecular weight excluding hydrogens is 581 g/mol. The number of carbonyl (C=O) groups is 2. The molecular formula is C31H37Cl2N3O4S. The van der Waals surface area contributed by atoms with Crippen LogP contribution in [0.4, 0.5) is 5.69 Å². The van der Waals surface area contributed by atoms with Crippen LogP contribution in [0.5, 0.6) is 0 Å². The van der Waals surface area contributed by atoms with Gasteiger partial charge >= 0.3 is 0 Å². The molecule has 0 aliphatic carbocycles. The molecule has 3 aromatic carbocycles. The minimum absolute atomic E-state index is 0.0566. The number of benzene rings is 3. The average Bonchev–Trinajstić information content (AvgIpc) is 2.90. The summed E-state index contributed by atoms with van der Waals surface area (Å²) in [4.78, 5) is 28.6. The van der Waals surface area contributed by atoms with Crippen molar-refractivity contribution in [2.45, 2.75) is 64.9 Å². The van der Waals surface area contributed by atoms with Crippen LogP contribution in [0.15, 0.2) is 65.6 Å². The van der Waals surface area contributed by atoms with Gasteiger partial charge < -0.3 is 10.2 Å². The van der Waals surface area contributed by atoms with Gasteiger partial charge in [0.15, 0.2) is 0 Å². The fraction of sp³-hybridized carbons (Fsp3) is 0.355. The number of anilines is 1. The molecule has 0 aliphatic heterocycles. The third kappa shape index (κ3) is 8.24. The predicted molar refractivity (Wildman–Crippen MR) is 166 cm³/mol. The first-order valence-corrected chi connectivity index (χ1v) is 15.7. The van der Waals surface area contributed by atoms with Crippen molar-refractivity contribution in [3.05, 3.63) is 93.0 Å². The Morgan fingerprint density at radius 2 is 1.49 bits per heavy atom. The van der Waals surface area contributed by atoms with E-state index >= 15 is 0 Å². The molecule has 0 saturated heterocycles. The highest BCUT2D eigenvalue weighted by Gasteiger charge is 2.33. The Labute approximate surface area is 253 Å². The van der Waals surface area contributed by atoms with E-state index in [0.717, 1.165) is 33.8 Å². The van der Waals surface area contributed by atoms with Crippen molar-refractivity contribution in [1.82, 2.24) is 10.2 Å². The van der Waals surface area contributed by atoms with Crippen molar-refractivity contribution in [3.63, 3.8) is 0 Å². The lowest BCUT2D eigenvalue weighted by atomic mass is 10.1. The second-order valence-corrected chi connectivity index (χ2v) is 12.9. The topological polar surface area (TPSA) is 86.8 Å². The molecule has 0 fully saturated rings. The van der Waals surface area contributed by atoms with E-state index in [0.29, 0.717) is 27.8 Å². The molecule has 10 heteroatoms. The molecule has 3 rings (SSSR count). The first kappa shape index (κ1) is 32.4. The highest BCUT2D eigenvalue weighted by molar-refractivity contribution is 7.92. The van der Waals surface area contributed by atoms with Gasteiger partial charge in [0.2, 0.25) is 11.8 Å². The van der Waals surface area contributed by atoms with Crippen LogP contribution < -0.4 is 9.62 Å². The minimum Gasteiger partial charge on any atom is -0.354 e. The first-order chi connectivity index (χ1) is 19.3. The molecule has 0 spiro atoms. The van der Waals surface area contributed by atoms with Gasteiger partial charge in [0.05, 0.1) is 10.6 Å². The smallest absolute Gasteiger partial charge is 0.264 e. The van der Waals surface area contributed by atoms with E-state index in [2.05, 4.69) is 5.32 Å². The Kier molecular flexibility index (Phi) is 11.2. The fourth-order valence-electron chi connectivity index (χ4n) is 4.43. The number of amides is 2. The molecule has 0 radical (unpaired) electrons. The van der Waals surface area contributed by atoms with Crippen molar-refractivity contribution in [1.29, 1.82) is 0 Å². The van der Waals surface area contributed by atoms with Gasteiger partial charge in [0, 0.05) is 28.7 Å². The first-order valence-electron chi connectivity index (χ1n) is 13.5. The molecule has 0 saturated carbocycles. The van der Waals surface area contributed by atoms with Crippen LogP contribution in [-0.2, 0) is 26.2 Å². The lowest BCUT2D eigenvalue weighted by Crippen LogP contribution is -2.51. The molecule has 2 amide bonds. The van der Waals surface area contributed by atoms with E-state index in [9.17, 15) is 18.0 Å². The number of nitrogens with zero attached hydrogens (tertiary/aromatic N) is 2. The molecule has 1 atom stereocenters. The van der Waals surface area contributed by atoms with Crippen LogP contribution in [0.1, 0.15) is 48.9 Å². The Morgan fingerprint density at radius 3 is 2.05 bits per heavy atom. The van der Waals surface area contributed by atoms with E-state index in [4.69, 9.17) is 23.2 Å². The SMILES string of the molecule is CCCCNC(=O)[C@@H](C)N(Cc1c(Cl)cccc1Cl)C(=O)CN(c1cc(C)cc(C)c1)S(=O)(=O)c1ccc(C)cc1. The zero-order valence-corrected chi connectivity index (χ0v) is 26.4. The lowest BCUT2D eigenvalue weighted by Gasteiger charge is -2.32. The lowest BCUT2D eigenvalue weighted by molar-refractivity contribution is -0.139. The second-order valence-electron chi connectivity index (χ2n) is 10.2. The van der Waals surface area contributed by atoms with Crippen molar-refractivity contribution in [2.24, 2.45) is 0 Å². The molecule has 41 heavy (non-hydrogen) atoms.